The van der Waals surface area contributed by atoms with Crippen molar-refractivity contribution in [3.8, 4) is 0 Å². The Kier molecular flexibility index (Phi) is 6.56. The molecule has 0 heterocycles. The van der Waals surface area contributed by atoms with Crippen LogP contribution in [0.1, 0.15) is 36.0 Å². The number of halogens is 1. The van der Waals surface area contributed by atoms with E-state index in [2.05, 4.69) is 72.5 Å². The first-order valence-corrected chi connectivity index (χ1v) is 9.26. The first kappa shape index (κ1) is 18.3. The second-order valence-electron chi connectivity index (χ2n) is 6.93. The van der Waals surface area contributed by atoms with Gasteiger partial charge in [0.2, 0.25) is 0 Å². The molecule has 0 unspecified atom stereocenters. The average Bonchev–Trinajstić information content (AvgIpc) is 2.67. The lowest BCUT2D eigenvalue weighted by Crippen LogP contribution is -2.25. The van der Waals surface area contributed by atoms with Crippen LogP contribution in [0.25, 0.3) is 0 Å². The Morgan fingerprint density at radius 1 is 0.769 bits per heavy atom. The summed E-state index contributed by atoms with van der Waals surface area (Å²) in [5.74, 6) is 0.180. The van der Waals surface area contributed by atoms with E-state index in [1.54, 1.807) is 12.1 Å². The zero-order valence-electron chi connectivity index (χ0n) is 15.3. The van der Waals surface area contributed by atoms with Crippen molar-refractivity contribution in [2.45, 2.75) is 32.4 Å². The molecule has 0 aliphatic carbocycles. The molecule has 3 rings (SSSR count). The number of hydrogen-bond acceptors (Lipinski definition) is 1. The molecule has 0 aliphatic heterocycles. The molecule has 0 aromatic heterocycles. The van der Waals surface area contributed by atoms with Crippen molar-refractivity contribution < 1.29 is 4.39 Å². The normalized spacial score (nSPS) is 12.3. The Hall–Kier alpha value is -2.45. The van der Waals surface area contributed by atoms with Gasteiger partial charge in [-0.25, -0.2) is 4.39 Å². The molecule has 0 spiro atoms. The van der Waals surface area contributed by atoms with E-state index in [0.29, 0.717) is 5.92 Å². The second-order valence-corrected chi connectivity index (χ2v) is 6.93. The lowest BCUT2D eigenvalue weighted by molar-refractivity contribution is 0.247. The molecule has 1 atom stereocenters. The van der Waals surface area contributed by atoms with E-state index in [4.69, 9.17) is 0 Å². The molecule has 3 aromatic carbocycles. The van der Waals surface area contributed by atoms with Crippen LogP contribution in [-0.2, 0) is 13.1 Å². The smallest absolute Gasteiger partial charge is 0.123 e. The van der Waals surface area contributed by atoms with Crippen molar-refractivity contribution >= 4 is 0 Å². The maximum absolute atomic E-state index is 13.5. The molecular weight excluding hydrogens is 321 g/mol. The summed E-state index contributed by atoms with van der Waals surface area (Å²) in [6.45, 7) is 5.00. The molecule has 0 fully saturated rings. The highest BCUT2D eigenvalue weighted by Gasteiger charge is 2.12. The van der Waals surface area contributed by atoms with Crippen molar-refractivity contribution in [3.05, 3.63) is 107 Å². The van der Waals surface area contributed by atoms with Gasteiger partial charge in [-0.3, -0.25) is 4.90 Å². The fourth-order valence-electron chi connectivity index (χ4n) is 3.25. The molecule has 0 radical (unpaired) electrons. The van der Waals surface area contributed by atoms with Crippen molar-refractivity contribution in [1.29, 1.82) is 0 Å². The van der Waals surface area contributed by atoms with E-state index in [9.17, 15) is 4.39 Å². The van der Waals surface area contributed by atoms with Crippen molar-refractivity contribution in [3.63, 3.8) is 0 Å². The van der Waals surface area contributed by atoms with Crippen molar-refractivity contribution in [2.75, 3.05) is 6.54 Å². The number of rotatable bonds is 8. The van der Waals surface area contributed by atoms with Crippen LogP contribution < -0.4 is 0 Å². The van der Waals surface area contributed by atoms with E-state index < -0.39 is 0 Å². The third-order valence-corrected chi connectivity index (χ3v) is 4.79. The molecule has 0 saturated carbocycles. The zero-order chi connectivity index (χ0) is 18.2. The first-order chi connectivity index (χ1) is 12.7. The molecule has 0 bridgehead atoms. The molecular formula is C24H26FN. The van der Waals surface area contributed by atoms with Gasteiger partial charge in [-0.15, -0.1) is 0 Å². The highest BCUT2D eigenvalue weighted by molar-refractivity contribution is 5.20. The van der Waals surface area contributed by atoms with E-state index in [0.717, 1.165) is 31.6 Å². The lowest BCUT2D eigenvalue weighted by Gasteiger charge is -2.24. The first-order valence-electron chi connectivity index (χ1n) is 9.26. The van der Waals surface area contributed by atoms with Gasteiger partial charge < -0.3 is 0 Å². The standard InChI is InChI=1S/C24H26FN/c1-20(23-13-8-14-24(25)17-23)15-16-26(18-21-9-4-2-5-10-21)19-22-11-6-3-7-12-22/h2-14,17,20H,15-16,18-19H2,1H3/t20-/m1/s1. The van der Waals surface area contributed by atoms with Crippen LogP contribution in [0.5, 0.6) is 0 Å². The predicted octanol–water partition coefficient (Wildman–Crippen LogP) is 6.02. The summed E-state index contributed by atoms with van der Waals surface area (Å²) < 4.78 is 13.5. The van der Waals surface area contributed by atoms with Gasteiger partial charge in [-0.05, 0) is 47.7 Å². The van der Waals surface area contributed by atoms with Gasteiger partial charge in [0, 0.05) is 13.1 Å². The van der Waals surface area contributed by atoms with E-state index >= 15 is 0 Å². The quantitative estimate of drug-likeness (QED) is 0.481. The van der Waals surface area contributed by atoms with Crippen LogP contribution >= 0.6 is 0 Å². The fraction of sp³-hybridized carbons (Fsp3) is 0.250. The van der Waals surface area contributed by atoms with Crippen LogP contribution in [0.2, 0.25) is 0 Å². The maximum Gasteiger partial charge on any atom is 0.123 e. The molecule has 26 heavy (non-hydrogen) atoms. The summed E-state index contributed by atoms with van der Waals surface area (Å²) in [4.78, 5) is 2.47. The zero-order valence-corrected chi connectivity index (χ0v) is 15.3. The van der Waals surface area contributed by atoms with Gasteiger partial charge in [0.15, 0.2) is 0 Å². The number of hydrogen-bond donors (Lipinski definition) is 0. The van der Waals surface area contributed by atoms with Gasteiger partial charge in [0.1, 0.15) is 5.82 Å². The Balaban J connectivity index is 1.66. The number of nitrogens with zero attached hydrogens (tertiary/aromatic N) is 1. The third kappa shape index (κ3) is 5.53. The van der Waals surface area contributed by atoms with Crippen LogP contribution in [-0.4, -0.2) is 11.4 Å². The minimum atomic E-state index is -0.153. The fourth-order valence-corrected chi connectivity index (χ4v) is 3.25. The summed E-state index contributed by atoms with van der Waals surface area (Å²) in [7, 11) is 0. The Morgan fingerprint density at radius 3 is 1.88 bits per heavy atom. The molecule has 3 aromatic rings. The van der Waals surface area contributed by atoms with E-state index in [-0.39, 0.29) is 5.82 Å². The van der Waals surface area contributed by atoms with Crippen LogP contribution in [0, 0.1) is 5.82 Å². The van der Waals surface area contributed by atoms with Gasteiger partial charge >= 0.3 is 0 Å². The third-order valence-electron chi connectivity index (χ3n) is 4.79. The van der Waals surface area contributed by atoms with Crippen LogP contribution in [0.3, 0.4) is 0 Å². The molecule has 0 N–H and O–H groups in total. The predicted molar refractivity (Wildman–Crippen MR) is 106 cm³/mol. The highest BCUT2D eigenvalue weighted by atomic mass is 19.1. The minimum Gasteiger partial charge on any atom is -0.295 e. The van der Waals surface area contributed by atoms with Crippen molar-refractivity contribution in [2.24, 2.45) is 0 Å². The molecule has 134 valence electrons. The highest BCUT2D eigenvalue weighted by Crippen LogP contribution is 2.21. The topological polar surface area (TPSA) is 3.24 Å². The summed E-state index contributed by atoms with van der Waals surface area (Å²) in [5.41, 5.74) is 3.72. The van der Waals surface area contributed by atoms with Crippen LogP contribution in [0.4, 0.5) is 4.39 Å². The number of benzene rings is 3. The van der Waals surface area contributed by atoms with Gasteiger partial charge in [0.05, 0.1) is 0 Å². The largest absolute Gasteiger partial charge is 0.295 e. The Labute approximate surface area is 156 Å². The molecule has 0 amide bonds. The van der Waals surface area contributed by atoms with Gasteiger partial charge in [-0.1, -0.05) is 79.7 Å². The molecule has 0 aliphatic rings. The molecule has 2 heteroatoms. The lowest BCUT2D eigenvalue weighted by atomic mass is 9.97. The van der Waals surface area contributed by atoms with Crippen molar-refractivity contribution in [1.82, 2.24) is 4.90 Å². The summed E-state index contributed by atoms with van der Waals surface area (Å²) >= 11 is 0. The summed E-state index contributed by atoms with van der Waals surface area (Å²) in [5, 5.41) is 0. The Morgan fingerprint density at radius 2 is 1.35 bits per heavy atom. The van der Waals surface area contributed by atoms with Gasteiger partial charge in [0.25, 0.3) is 0 Å². The van der Waals surface area contributed by atoms with Crippen LogP contribution in [0.15, 0.2) is 84.9 Å². The molecule has 1 nitrogen and oxygen atoms in total. The molecule has 0 saturated heterocycles. The maximum atomic E-state index is 13.5. The van der Waals surface area contributed by atoms with E-state index in [1.807, 2.05) is 6.07 Å². The van der Waals surface area contributed by atoms with E-state index in [1.165, 1.54) is 17.2 Å². The summed E-state index contributed by atoms with van der Waals surface area (Å²) in [6, 6.07) is 28.1. The SMILES string of the molecule is C[C@H](CCN(Cc1ccccc1)Cc1ccccc1)c1cccc(F)c1. The second kappa shape index (κ2) is 9.30. The Bertz CT molecular complexity index is 744. The summed E-state index contributed by atoms with van der Waals surface area (Å²) in [6.07, 6.45) is 1.00. The average molecular weight is 347 g/mol. The monoisotopic (exact) mass is 347 g/mol. The van der Waals surface area contributed by atoms with Gasteiger partial charge in [-0.2, -0.15) is 0 Å². The minimum absolute atomic E-state index is 0.153.